The van der Waals surface area contributed by atoms with E-state index in [4.69, 9.17) is 19.9 Å². The van der Waals surface area contributed by atoms with Crippen LogP contribution in [0.2, 0.25) is 0 Å². The van der Waals surface area contributed by atoms with Crippen molar-refractivity contribution >= 4 is 0 Å². The second kappa shape index (κ2) is 8.82. The van der Waals surface area contributed by atoms with E-state index < -0.39 is 0 Å². The summed E-state index contributed by atoms with van der Waals surface area (Å²) in [5, 5.41) is 0. The molecule has 0 bridgehead atoms. The van der Waals surface area contributed by atoms with Crippen molar-refractivity contribution in [3.05, 3.63) is 0 Å². The van der Waals surface area contributed by atoms with Crippen molar-refractivity contribution in [3.8, 4) is 0 Å². The van der Waals surface area contributed by atoms with Crippen molar-refractivity contribution in [1.29, 1.82) is 0 Å². The molecule has 110 valence electrons. The van der Waals surface area contributed by atoms with Gasteiger partial charge in [0, 0.05) is 40.5 Å². The van der Waals surface area contributed by atoms with E-state index in [1.54, 1.807) is 21.3 Å². The van der Waals surface area contributed by atoms with Crippen LogP contribution < -0.4 is 5.73 Å². The Kier molecular flexibility index (Phi) is 8.73. The van der Waals surface area contributed by atoms with Crippen LogP contribution in [0.4, 0.5) is 0 Å². The normalized spacial score (nSPS) is 18.7. The molecule has 0 amide bonds. The van der Waals surface area contributed by atoms with E-state index in [9.17, 15) is 0 Å². The molecule has 5 heteroatoms. The van der Waals surface area contributed by atoms with E-state index in [1.165, 1.54) is 0 Å². The van der Waals surface area contributed by atoms with E-state index >= 15 is 0 Å². The first-order valence-corrected chi connectivity index (χ1v) is 6.45. The molecule has 0 aromatic carbocycles. The van der Waals surface area contributed by atoms with Crippen LogP contribution in [0.1, 0.15) is 20.8 Å². The van der Waals surface area contributed by atoms with Gasteiger partial charge in [-0.05, 0) is 20.8 Å². The summed E-state index contributed by atoms with van der Waals surface area (Å²) < 4.78 is 15.9. The highest BCUT2D eigenvalue weighted by atomic mass is 16.5. The lowest BCUT2D eigenvalue weighted by Gasteiger charge is -2.47. The third kappa shape index (κ3) is 4.48. The van der Waals surface area contributed by atoms with Gasteiger partial charge in [-0.25, -0.2) is 0 Å². The highest BCUT2D eigenvalue weighted by Gasteiger charge is 2.38. The topological polar surface area (TPSA) is 57.0 Å². The first-order valence-electron chi connectivity index (χ1n) is 6.45. The molecule has 0 aromatic heterocycles. The van der Waals surface area contributed by atoms with Crippen molar-refractivity contribution < 1.29 is 14.2 Å². The minimum absolute atomic E-state index is 0.0404. The van der Waals surface area contributed by atoms with Crippen LogP contribution in [0.25, 0.3) is 0 Å². The highest BCUT2D eigenvalue weighted by Crippen LogP contribution is 2.23. The van der Waals surface area contributed by atoms with Crippen LogP contribution in [0.5, 0.6) is 0 Å². The minimum Gasteiger partial charge on any atom is -0.383 e. The molecule has 0 aliphatic rings. The predicted octanol–water partition coefficient (Wildman–Crippen LogP) is 0.722. The fourth-order valence-electron chi connectivity index (χ4n) is 2.27. The molecule has 0 saturated heterocycles. The van der Waals surface area contributed by atoms with Gasteiger partial charge in [0.25, 0.3) is 0 Å². The van der Waals surface area contributed by atoms with Crippen LogP contribution >= 0.6 is 0 Å². The Morgan fingerprint density at radius 2 is 1.78 bits per heavy atom. The molecule has 0 aliphatic carbocycles. The molecule has 3 atom stereocenters. The van der Waals surface area contributed by atoms with Crippen LogP contribution in [-0.2, 0) is 14.2 Å². The summed E-state index contributed by atoms with van der Waals surface area (Å²) in [6.45, 7) is 8.97. The molecule has 0 fully saturated rings. The second-order valence-corrected chi connectivity index (χ2v) is 4.93. The van der Waals surface area contributed by atoms with Gasteiger partial charge in [0.2, 0.25) is 0 Å². The van der Waals surface area contributed by atoms with E-state index in [1.807, 2.05) is 6.92 Å². The molecule has 18 heavy (non-hydrogen) atoms. The molecule has 2 N–H and O–H groups in total. The largest absolute Gasteiger partial charge is 0.383 e. The third-order valence-electron chi connectivity index (χ3n) is 3.77. The lowest BCUT2D eigenvalue weighted by atomic mass is 9.91. The number of hydrogen-bond donors (Lipinski definition) is 1. The summed E-state index contributed by atoms with van der Waals surface area (Å²) in [4.78, 5) is 2.31. The van der Waals surface area contributed by atoms with Crippen molar-refractivity contribution in [1.82, 2.24) is 4.90 Å². The zero-order valence-corrected chi connectivity index (χ0v) is 12.7. The standard InChI is InChI=1S/C13H30N2O3/c1-11(9-17-5)15(7-8-16-4)13(3,10-14)12(2)18-6/h11-12H,7-10,14H2,1-6H3. The lowest BCUT2D eigenvalue weighted by molar-refractivity contribution is -0.0671. The van der Waals surface area contributed by atoms with Crippen LogP contribution in [0, 0.1) is 0 Å². The maximum Gasteiger partial charge on any atom is 0.0736 e. The van der Waals surface area contributed by atoms with Gasteiger partial charge >= 0.3 is 0 Å². The predicted molar refractivity (Wildman–Crippen MR) is 73.9 cm³/mol. The van der Waals surface area contributed by atoms with Gasteiger partial charge in [0.1, 0.15) is 0 Å². The Morgan fingerprint density at radius 3 is 2.17 bits per heavy atom. The number of rotatable bonds is 10. The number of hydrogen-bond acceptors (Lipinski definition) is 5. The van der Waals surface area contributed by atoms with Gasteiger partial charge in [-0.2, -0.15) is 0 Å². The average Bonchev–Trinajstić information content (AvgIpc) is 2.38. The molecule has 5 nitrogen and oxygen atoms in total. The van der Waals surface area contributed by atoms with Crippen molar-refractivity contribution in [3.63, 3.8) is 0 Å². The second-order valence-electron chi connectivity index (χ2n) is 4.93. The quantitative estimate of drug-likeness (QED) is 0.629. The van der Waals surface area contributed by atoms with E-state index in [-0.39, 0.29) is 17.7 Å². The van der Waals surface area contributed by atoms with Gasteiger partial charge in [0.15, 0.2) is 0 Å². The first-order chi connectivity index (χ1) is 8.47. The van der Waals surface area contributed by atoms with Gasteiger partial charge in [-0.3, -0.25) is 4.90 Å². The van der Waals surface area contributed by atoms with Crippen molar-refractivity contribution in [2.75, 3.05) is 47.6 Å². The molecule has 0 radical (unpaired) electrons. The van der Waals surface area contributed by atoms with Crippen LogP contribution in [0.15, 0.2) is 0 Å². The Balaban J connectivity index is 4.97. The van der Waals surface area contributed by atoms with Gasteiger partial charge in [0.05, 0.1) is 24.9 Å². The minimum atomic E-state index is -0.231. The fraction of sp³-hybridized carbons (Fsp3) is 1.00. The van der Waals surface area contributed by atoms with Gasteiger partial charge in [-0.1, -0.05) is 0 Å². The van der Waals surface area contributed by atoms with Crippen LogP contribution in [-0.4, -0.2) is 70.2 Å². The zero-order chi connectivity index (χ0) is 14.2. The molecule has 3 unspecified atom stereocenters. The van der Waals surface area contributed by atoms with Crippen molar-refractivity contribution in [2.45, 2.75) is 38.5 Å². The van der Waals surface area contributed by atoms with Crippen molar-refractivity contribution in [2.24, 2.45) is 5.73 Å². The summed E-state index contributed by atoms with van der Waals surface area (Å²) in [6, 6.07) is 0.260. The SMILES string of the molecule is COCCN(C(C)COC)C(C)(CN)C(C)OC. The first kappa shape index (κ1) is 17.8. The number of nitrogens with zero attached hydrogens (tertiary/aromatic N) is 1. The molecule has 0 heterocycles. The fourth-order valence-corrected chi connectivity index (χ4v) is 2.27. The highest BCUT2D eigenvalue weighted by molar-refractivity contribution is 4.95. The summed E-state index contributed by atoms with van der Waals surface area (Å²) in [7, 11) is 5.14. The summed E-state index contributed by atoms with van der Waals surface area (Å²) in [5.74, 6) is 0. The Bertz CT molecular complexity index is 216. The average molecular weight is 262 g/mol. The molecule has 0 aromatic rings. The smallest absolute Gasteiger partial charge is 0.0736 e. The maximum atomic E-state index is 5.99. The Morgan fingerprint density at radius 1 is 1.17 bits per heavy atom. The van der Waals surface area contributed by atoms with Crippen LogP contribution in [0.3, 0.4) is 0 Å². The van der Waals surface area contributed by atoms with E-state index in [0.717, 1.165) is 6.54 Å². The molecule has 0 aliphatic heterocycles. The monoisotopic (exact) mass is 262 g/mol. The lowest BCUT2D eigenvalue weighted by Crippen LogP contribution is -2.62. The summed E-state index contributed by atoms with van der Waals surface area (Å²) in [5.41, 5.74) is 5.76. The number of nitrogens with two attached hydrogens (primary N) is 1. The number of ether oxygens (including phenoxy) is 3. The molecular formula is C13H30N2O3. The summed E-state index contributed by atoms with van der Waals surface area (Å²) >= 11 is 0. The summed E-state index contributed by atoms with van der Waals surface area (Å²) in [6.07, 6.45) is 0.0404. The zero-order valence-electron chi connectivity index (χ0n) is 12.7. The maximum absolute atomic E-state index is 5.99. The Labute approximate surface area is 112 Å². The Hall–Kier alpha value is -0.200. The van der Waals surface area contributed by atoms with Gasteiger partial charge in [-0.15, -0.1) is 0 Å². The van der Waals surface area contributed by atoms with E-state index in [0.29, 0.717) is 19.8 Å². The molecule has 0 spiro atoms. The molecule has 0 saturated carbocycles. The van der Waals surface area contributed by atoms with Gasteiger partial charge < -0.3 is 19.9 Å². The van der Waals surface area contributed by atoms with E-state index in [2.05, 4.69) is 18.7 Å². The third-order valence-corrected chi connectivity index (χ3v) is 3.77. The number of methoxy groups -OCH3 is 3. The molecular weight excluding hydrogens is 232 g/mol. The molecule has 0 rings (SSSR count).